The lowest BCUT2D eigenvalue weighted by molar-refractivity contribution is -0.141. The molecule has 25 heavy (non-hydrogen) atoms. The Morgan fingerprint density at radius 1 is 1.40 bits per heavy atom. The Morgan fingerprint density at radius 3 is 2.76 bits per heavy atom. The Morgan fingerprint density at radius 2 is 2.16 bits per heavy atom. The molecule has 1 aromatic carbocycles. The van der Waals surface area contributed by atoms with Crippen molar-refractivity contribution in [3.63, 3.8) is 0 Å². The second-order valence-corrected chi connectivity index (χ2v) is 5.95. The maximum Gasteiger partial charge on any atom is 0.326 e. The minimum Gasteiger partial charge on any atom is -0.480 e. The van der Waals surface area contributed by atoms with Crippen LogP contribution in [0.15, 0.2) is 18.2 Å². The molecule has 3 rings (SSSR count). The molecule has 2 unspecified atom stereocenters. The molecule has 0 aromatic heterocycles. The normalized spacial score (nSPS) is 23.0. The molecule has 2 aliphatic rings. The van der Waals surface area contributed by atoms with E-state index < -0.39 is 29.8 Å². The number of carboxylic acids is 1. The lowest BCUT2D eigenvalue weighted by Gasteiger charge is -2.22. The van der Waals surface area contributed by atoms with Crippen molar-refractivity contribution in [3.05, 3.63) is 29.6 Å². The number of aliphatic carboxylic acids is 1. The first kappa shape index (κ1) is 17.2. The molecule has 2 saturated heterocycles. The minimum absolute atomic E-state index is 0.0696. The highest BCUT2D eigenvalue weighted by Crippen LogP contribution is 2.26. The summed E-state index contributed by atoms with van der Waals surface area (Å²) in [6, 6.07) is 2.40. The minimum atomic E-state index is -1.16. The number of halogens is 1. The molecule has 0 bridgehead atoms. The van der Waals surface area contributed by atoms with Gasteiger partial charge in [0.2, 0.25) is 0 Å². The number of ether oxygens (including phenoxy) is 1. The van der Waals surface area contributed by atoms with Crippen LogP contribution in [-0.2, 0) is 9.53 Å². The number of amides is 3. The highest BCUT2D eigenvalue weighted by Gasteiger charge is 2.41. The van der Waals surface area contributed by atoms with Gasteiger partial charge in [-0.15, -0.1) is 0 Å². The van der Waals surface area contributed by atoms with Crippen LogP contribution in [0.1, 0.15) is 16.8 Å². The van der Waals surface area contributed by atoms with Gasteiger partial charge in [0.05, 0.1) is 11.7 Å². The molecule has 2 N–H and O–H groups in total. The SMILES string of the molecule is COC1CC(C(=O)O)N(C(=O)c2cc(N3CCNC3=O)ccc2F)C1. The van der Waals surface area contributed by atoms with Gasteiger partial charge in [0, 0.05) is 38.9 Å². The van der Waals surface area contributed by atoms with Crippen molar-refractivity contribution < 1.29 is 28.6 Å². The highest BCUT2D eigenvalue weighted by atomic mass is 19.1. The van der Waals surface area contributed by atoms with E-state index in [9.17, 15) is 23.9 Å². The van der Waals surface area contributed by atoms with E-state index in [1.807, 2.05) is 0 Å². The number of hydrogen-bond acceptors (Lipinski definition) is 4. The van der Waals surface area contributed by atoms with Gasteiger partial charge >= 0.3 is 12.0 Å². The number of benzene rings is 1. The van der Waals surface area contributed by atoms with Crippen LogP contribution < -0.4 is 10.2 Å². The lowest BCUT2D eigenvalue weighted by Crippen LogP contribution is -2.41. The first-order chi connectivity index (χ1) is 11.9. The maximum atomic E-state index is 14.2. The Kier molecular flexibility index (Phi) is 4.58. The van der Waals surface area contributed by atoms with Crippen LogP contribution in [0.5, 0.6) is 0 Å². The molecule has 1 aromatic rings. The van der Waals surface area contributed by atoms with Gasteiger partial charge in [0.1, 0.15) is 11.9 Å². The summed E-state index contributed by atoms with van der Waals surface area (Å²) in [5, 5.41) is 11.9. The smallest absolute Gasteiger partial charge is 0.326 e. The van der Waals surface area contributed by atoms with Crippen molar-refractivity contribution in [2.75, 3.05) is 31.6 Å². The van der Waals surface area contributed by atoms with Crippen LogP contribution in [0.4, 0.5) is 14.9 Å². The second-order valence-electron chi connectivity index (χ2n) is 5.95. The third-order valence-corrected chi connectivity index (χ3v) is 4.49. The number of hydrogen-bond donors (Lipinski definition) is 2. The Bertz CT molecular complexity index is 726. The summed E-state index contributed by atoms with van der Waals surface area (Å²) in [7, 11) is 1.44. The zero-order chi connectivity index (χ0) is 18.1. The number of urea groups is 1. The number of nitrogens with one attached hydrogen (secondary N) is 1. The fourth-order valence-corrected chi connectivity index (χ4v) is 3.14. The molecule has 2 fully saturated rings. The predicted molar refractivity (Wildman–Crippen MR) is 85.0 cm³/mol. The topological polar surface area (TPSA) is 99.2 Å². The number of carbonyl (C=O) groups excluding carboxylic acids is 2. The summed E-state index contributed by atoms with van der Waals surface area (Å²) in [6.07, 6.45) is -0.270. The average Bonchev–Trinajstić information content (AvgIpc) is 3.21. The fourth-order valence-electron chi connectivity index (χ4n) is 3.14. The Balaban J connectivity index is 1.91. The van der Waals surface area contributed by atoms with Gasteiger partial charge in [-0.05, 0) is 18.2 Å². The van der Waals surface area contributed by atoms with E-state index in [1.165, 1.54) is 24.1 Å². The van der Waals surface area contributed by atoms with Crippen LogP contribution in [0.3, 0.4) is 0 Å². The number of rotatable bonds is 4. The summed E-state index contributed by atoms with van der Waals surface area (Å²) in [4.78, 5) is 38.4. The molecule has 0 saturated carbocycles. The zero-order valence-corrected chi connectivity index (χ0v) is 13.6. The van der Waals surface area contributed by atoms with Crippen LogP contribution in [0, 0.1) is 5.82 Å². The van der Waals surface area contributed by atoms with Crippen molar-refractivity contribution in [2.24, 2.45) is 0 Å². The second kappa shape index (κ2) is 6.67. The van der Waals surface area contributed by atoms with E-state index in [0.29, 0.717) is 18.8 Å². The number of methoxy groups -OCH3 is 1. The summed E-state index contributed by atoms with van der Waals surface area (Å²) < 4.78 is 19.4. The van der Waals surface area contributed by atoms with Gasteiger partial charge in [-0.1, -0.05) is 0 Å². The molecule has 0 radical (unpaired) electrons. The Labute approximate surface area is 143 Å². The van der Waals surface area contributed by atoms with Crippen molar-refractivity contribution in [1.82, 2.24) is 10.2 Å². The van der Waals surface area contributed by atoms with Crippen LogP contribution >= 0.6 is 0 Å². The molecule has 8 nitrogen and oxygen atoms in total. The van der Waals surface area contributed by atoms with E-state index in [4.69, 9.17) is 4.74 Å². The molecule has 2 aliphatic heterocycles. The van der Waals surface area contributed by atoms with E-state index in [2.05, 4.69) is 5.32 Å². The standard InChI is InChI=1S/C16H18FN3O5/c1-25-10-7-13(15(22)23)20(8-10)14(21)11-6-9(2-3-12(11)17)19-5-4-18-16(19)24/h2-3,6,10,13H,4-5,7-8H2,1H3,(H,18,24)(H,22,23). The molecular weight excluding hydrogens is 333 g/mol. The predicted octanol–water partition coefficient (Wildman–Crippen LogP) is 0.669. The number of carboxylic acid groups (broad SMARTS) is 1. The van der Waals surface area contributed by atoms with E-state index in [1.54, 1.807) is 0 Å². The number of anilines is 1. The van der Waals surface area contributed by atoms with E-state index in [-0.39, 0.29) is 24.6 Å². The third-order valence-electron chi connectivity index (χ3n) is 4.49. The molecule has 2 heterocycles. The first-order valence-electron chi connectivity index (χ1n) is 7.84. The number of likely N-dealkylation sites (tertiary alicyclic amines) is 1. The van der Waals surface area contributed by atoms with Crippen molar-refractivity contribution in [1.29, 1.82) is 0 Å². The van der Waals surface area contributed by atoms with Gasteiger partial charge in [0.25, 0.3) is 5.91 Å². The molecule has 2 atom stereocenters. The summed E-state index contributed by atoms with van der Waals surface area (Å²) in [6.45, 7) is 0.938. The van der Waals surface area contributed by atoms with Crippen molar-refractivity contribution >= 4 is 23.6 Å². The van der Waals surface area contributed by atoms with Crippen LogP contribution in [0.25, 0.3) is 0 Å². The number of nitrogens with zero attached hydrogens (tertiary/aromatic N) is 2. The first-order valence-corrected chi connectivity index (χ1v) is 7.84. The molecule has 3 amide bonds. The summed E-state index contributed by atoms with van der Waals surface area (Å²) in [5.74, 6) is -2.66. The van der Waals surface area contributed by atoms with Crippen LogP contribution in [-0.4, -0.2) is 66.8 Å². The third kappa shape index (κ3) is 3.14. The summed E-state index contributed by atoms with van der Waals surface area (Å²) >= 11 is 0. The highest BCUT2D eigenvalue weighted by molar-refractivity contribution is 6.00. The van der Waals surface area contributed by atoms with Crippen molar-refractivity contribution in [2.45, 2.75) is 18.6 Å². The fraction of sp³-hybridized carbons (Fsp3) is 0.438. The van der Waals surface area contributed by atoms with Crippen molar-refractivity contribution in [3.8, 4) is 0 Å². The van der Waals surface area contributed by atoms with Gasteiger partial charge < -0.3 is 20.1 Å². The molecule has 9 heteroatoms. The van der Waals surface area contributed by atoms with Gasteiger partial charge in [-0.2, -0.15) is 0 Å². The molecule has 0 spiro atoms. The van der Waals surface area contributed by atoms with Gasteiger partial charge in [-0.3, -0.25) is 9.69 Å². The summed E-state index contributed by atoms with van der Waals surface area (Å²) in [5.41, 5.74) is 0.120. The van der Waals surface area contributed by atoms with E-state index >= 15 is 0 Å². The van der Waals surface area contributed by atoms with Crippen LogP contribution in [0.2, 0.25) is 0 Å². The zero-order valence-electron chi connectivity index (χ0n) is 13.6. The molecular formula is C16H18FN3O5. The number of carbonyl (C=O) groups is 3. The lowest BCUT2D eigenvalue weighted by atomic mass is 10.1. The largest absolute Gasteiger partial charge is 0.480 e. The maximum absolute atomic E-state index is 14.2. The van der Waals surface area contributed by atoms with Gasteiger partial charge in [0.15, 0.2) is 0 Å². The average molecular weight is 351 g/mol. The van der Waals surface area contributed by atoms with E-state index in [0.717, 1.165) is 11.0 Å². The molecule has 134 valence electrons. The molecule has 0 aliphatic carbocycles. The monoisotopic (exact) mass is 351 g/mol. The Hall–Kier alpha value is -2.68. The van der Waals surface area contributed by atoms with Gasteiger partial charge in [-0.25, -0.2) is 14.0 Å². The quantitative estimate of drug-likeness (QED) is 0.831.